The van der Waals surface area contributed by atoms with E-state index in [0.717, 1.165) is 40.8 Å². The third-order valence-electron chi connectivity index (χ3n) is 7.55. The van der Waals surface area contributed by atoms with Crippen LogP contribution < -0.4 is 0 Å². The SMILES string of the molecule is O=C1[C@H]2Cc3c([nH]c4ccccc34)[C@@H](c3ccc([N+](=O)[O-])cc3)N2C(=O)CN1CCN1CCOCC1. The van der Waals surface area contributed by atoms with Crippen molar-refractivity contribution in [1.82, 2.24) is 19.7 Å². The molecule has 0 saturated carbocycles. The van der Waals surface area contributed by atoms with E-state index in [1.165, 1.54) is 12.1 Å². The molecule has 4 heterocycles. The fourth-order valence-corrected chi connectivity index (χ4v) is 5.72. The zero-order valence-corrected chi connectivity index (χ0v) is 19.8. The minimum atomic E-state index is -0.622. The lowest BCUT2D eigenvalue weighted by atomic mass is 9.86. The fourth-order valence-electron chi connectivity index (χ4n) is 5.72. The summed E-state index contributed by atoms with van der Waals surface area (Å²) in [5.74, 6) is -0.167. The molecule has 0 bridgehead atoms. The second kappa shape index (κ2) is 9.03. The molecule has 2 atom stereocenters. The van der Waals surface area contributed by atoms with E-state index in [4.69, 9.17) is 4.74 Å². The highest BCUT2D eigenvalue weighted by atomic mass is 16.6. The Balaban J connectivity index is 1.37. The van der Waals surface area contributed by atoms with Gasteiger partial charge < -0.3 is 19.5 Å². The molecule has 2 amide bonds. The quantitative estimate of drug-likeness (QED) is 0.434. The lowest BCUT2D eigenvalue weighted by Gasteiger charge is -2.47. The van der Waals surface area contributed by atoms with Gasteiger partial charge in [0, 0.05) is 61.3 Å². The van der Waals surface area contributed by atoms with Crippen LogP contribution in [0, 0.1) is 10.1 Å². The van der Waals surface area contributed by atoms with Gasteiger partial charge in [0.15, 0.2) is 0 Å². The number of piperazine rings is 1. The van der Waals surface area contributed by atoms with Crippen molar-refractivity contribution in [2.24, 2.45) is 0 Å². The molecule has 0 unspecified atom stereocenters. The summed E-state index contributed by atoms with van der Waals surface area (Å²) in [6, 6.07) is 13.0. The molecule has 0 spiro atoms. The summed E-state index contributed by atoms with van der Waals surface area (Å²) in [6.45, 7) is 4.25. The Morgan fingerprint density at radius 2 is 1.78 bits per heavy atom. The highest BCUT2D eigenvalue weighted by molar-refractivity contribution is 5.97. The van der Waals surface area contributed by atoms with Crippen LogP contribution in [0.2, 0.25) is 0 Å². The number of para-hydroxylation sites is 1. The van der Waals surface area contributed by atoms with E-state index < -0.39 is 17.0 Å². The Morgan fingerprint density at radius 3 is 2.53 bits per heavy atom. The van der Waals surface area contributed by atoms with E-state index >= 15 is 0 Å². The molecule has 3 aliphatic heterocycles. The van der Waals surface area contributed by atoms with E-state index in [-0.39, 0.29) is 24.0 Å². The van der Waals surface area contributed by atoms with Crippen LogP contribution in [-0.2, 0) is 20.7 Å². The minimum absolute atomic E-state index is 0.0154. The molecule has 10 nitrogen and oxygen atoms in total. The third kappa shape index (κ3) is 3.82. The number of aromatic amines is 1. The zero-order chi connectivity index (χ0) is 24.8. The number of benzene rings is 2. The molecular formula is C26H27N5O5. The molecule has 2 fully saturated rings. The van der Waals surface area contributed by atoms with Crippen molar-refractivity contribution in [2.45, 2.75) is 18.5 Å². The predicted octanol–water partition coefficient (Wildman–Crippen LogP) is 2.09. The van der Waals surface area contributed by atoms with Gasteiger partial charge >= 0.3 is 0 Å². The number of morpholine rings is 1. The number of rotatable bonds is 5. The standard InChI is InChI=1S/C26H27N5O5/c32-23-16-29(10-9-28-11-13-36-14-12-28)26(33)22-15-20-19-3-1-2-4-21(19)27-24(20)25(30(22)23)17-5-7-18(8-6-17)31(34)35/h1-8,22,25,27H,9-16H2/t22-,25-/m1/s1. The number of aromatic nitrogens is 1. The summed E-state index contributed by atoms with van der Waals surface area (Å²) < 4.78 is 5.41. The smallest absolute Gasteiger partial charge is 0.269 e. The van der Waals surface area contributed by atoms with Crippen LogP contribution in [0.1, 0.15) is 22.9 Å². The largest absolute Gasteiger partial charge is 0.379 e. The van der Waals surface area contributed by atoms with Crippen molar-refractivity contribution in [3.8, 4) is 0 Å². The molecule has 2 saturated heterocycles. The van der Waals surface area contributed by atoms with Crippen molar-refractivity contribution < 1.29 is 19.2 Å². The van der Waals surface area contributed by atoms with Crippen LogP contribution in [0.3, 0.4) is 0 Å². The van der Waals surface area contributed by atoms with E-state index in [0.29, 0.717) is 32.7 Å². The molecule has 0 radical (unpaired) electrons. The van der Waals surface area contributed by atoms with Crippen molar-refractivity contribution in [3.63, 3.8) is 0 Å². The first-order valence-corrected chi connectivity index (χ1v) is 12.2. The van der Waals surface area contributed by atoms with Crippen molar-refractivity contribution >= 4 is 28.4 Å². The van der Waals surface area contributed by atoms with E-state index in [1.807, 2.05) is 24.3 Å². The lowest BCUT2D eigenvalue weighted by molar-refractivity contribution is -0.384. The van der Waals surface area contributed by atoms with E-state index in [9.17, 15) is 19.7 Å². The number of hydrogen-bond donors (Lipinski definition) is 1. The molecular weight excluding hydrogens is 462 g/mol. The Kier molecular flexibility index (Phi) is 5.69. The van der Waals surface area contributed by atoms with Crippen LogP contribution in [0.5, 0.6) is 0 Å². The number of nitro groups is 1. The van der Waals surface area contributed by atoms with Crippen LogP contribution in [0.25, 0.3) is 10.9 Å². The second-order valence-corrected chi connectivity index (χ2v) is 9.55. The van der Waals surface area contributed by atoms with Gasteiger partial charge in [-0.25, -0.2) is 0 Å². The number of nitro benzene ring substituents is 1. The molecule has 0 aliphatic carbocycles. The topological polar surface area (TPSA) is 112 Å². The number of carbonyl (C=O) groups excluding carboxylic acids is 2. The van der Waals surface area contributed by atoms with Crippen molar-refractivity contribution in [3.05, 3.63) is 75.5 Å². The monoisotopic (exact) mass is 489 g/mol. The van der Waals surface area contributed by atoms with Gasteiger partial charge in [-0.1, -0.05) is 18.2 Å². The molecule has 10 heteroatoms. The number of ether oxygens (including phenoxy) is 1. The molecule has 36 heavy (non-hydrogen) atoms. The van der Waals surface area contributed by atoms with Gasteiger partial charge in [-0.15, -0.1) is 0 Å². The summed E-state index contributed by atoms with van der Waals surface area (Å²) in [5, 5.41) is 12.2. The first-order chi connectivity index (χ1) is 17.5. The molecule has 1 aromatic heterocycles. The Labute approximate surface area is 207 Å². The maximum absolute atomic E-state index is 13.8. The van der Waals surface area contributed by atoms with E-state index in [2.05, 4.69) is 9.88 Å². The normalized spacial score (nSPS) is 22.6. The van der Waals surface area contributed by atoms with Gasteiger partial charge in [-0.2, -0.15) is 0 Å². The number of fused-ring (bicyclic) bond motifs is 4. The molecule has 3 aromatic rings. The summed E-state index contributed by atoms with van der Waals surface area (Å²) in [5.41, 5.74) is 3.55. The number of nitrogens with one attached hydrogen (secondary N) is 1. The number of carbonyl (C=O) groups is 2. The number of H-pyrrole nitrogens is 1. The molecule has 6 rings (SSSR count). The molecule has 1 N–H and O–H groups in total. The van der Waals surface area contributed by atoms with Crippen molar-refractivity contribution in [1.29, 1.82) is 0 Å². The van der Waals surface area contributed by atoms with Crippen LogP contribution in [-0.4, -0.2) is 88.4 Å². The number of nitrogens with zero attached hydrogens (tertiary/aromatic N) is 4. The van der Waals surface area contributed by atoms with Gasteiger partial charge in [0.1, 0.15) is 6.04 Å². The molecule has 2 aromatic carbocycles. The highest BCUT2D eigenvalue weighted by Gasteiger charge is 2.48. The Bertz CT molecular complexity index is 1330. The summed E-state index contributed by atoms with van der Waals surface area (Å²) in [6.07, 6.45) is 0.432. The zero-order valence-electron chi connectivity index (χ0n) is 19.8. The summed E-state index contributed by atoms with van der Waals surface area (Å²) >= 11 is 0. The van der Waals surface area contributed by atoms with Gasteiger partial charge in [-0.05, 0) is 29.3 Å². The van der Waals surface area contributed by atoms with Crippen LogP contribution >= 0.6 is 0 Å². The van der Waals surface area contributed by atoms with Gasteiger partial charge in [0.2, 0.25) is 11.8 Å². The maximum Gasteiger partial charge on any atom is 0.269 e. The van der Waals surface area contributed by atoms with Gasteiger partial charge in [-0.3, -0.25) is 24.6 Å². The number of non-ortho nitro benzene ring substituents is 1. The number of hydrogen-bond acceptors (Lipinski definition) is 6. The highest BCUT2D eigenvalue weighted by Crippen LogP contribution is 2.42. The van der Waals surface area contributed by atoms with Crippen molar-refractivity contribution in [2.75, 3.05) is 45.9 Å². The average Bonchev–Trinajstić information content (AvgIpc) is 3.28. The first kappa shape index (κ1) is 22.7. The summed E-state index contributed by atoms with van der Waals surface area (Å²) in [4.78, 5) is 47.2. The van der Waals surface area contributed by atoms with E-state index in [1.54, 1.807) is 21.9 Å². The lowest BCUT2D eigenvalue weighted by Crippen LogP contribution is -2.63. The fraction of sp³-hybridized carbons (Fsp3) is 0.385. The van der Waals surface area contributed by atoms with Gasteiger partial charge in [0.05, 0.1) is 30.7 Å². The average molecular weight is 490 g/mol. The first-order valence-electron chi connectivity index (χ1n) is 12.2. The predicted molar refractivity (Wildman–Crippen MR) is 131 cm³/mol. The summed E-state index contributed by atoms with van der Waals surface area (Å²) in [7, 11) is 0. The maximum atomic E-state index is 13.8. The van der Waals surface area contributed by atoms with Crippen LogP contribution in [0.4, 0.5) is 5.69 Å². The Hall–Kier alpha value is -3.76. The van der Waals surface area contributed by atoms with Crippen LogP contribution in [0.15, 0.2) is 48.5 Å². The van der Waals surface area contributed by atoms with Gasteiger partial charge in [0.25, 0.3) is 5.69 Å². The minimum Gasteiger partial charge on any atom is -0.379 e. The number of amides is 2. The third-order valence-corrected chi connectivity index (χ3v) is 7.55. The second-order valence-electron chi connectivity index (χ2n) is 9.55. The Morgan fingerprint density at radius 1 is 1.03 bits per heavy atom. The molecule has 186 valence electrons. The molecule has 3 aliphatic rings.